The topological polar surface area (TPSA) is 62.8 Å². The molecule has 0 spiro atoms. The minimum Gasteiger partial charge on any atom is -0.497 e. The van der Waals surface area contributed by atoms with Crippen LogP contribution in [0.3, 0.4) is 0 Å². The van der Waals surface area contributed by atoms with Crippen molar-refractivity contribution in [3.8, 4) is 11.5 Å². The Bertz CT molecular complexity index is 536. The summed E-state index contributed by atoms with van der Waals surface area (Å²) in [5.41, 5.74) is 0.630. The summed E-state index contributed by atoms with van der Waals surface area (Å²) in [6, 6.07) is 5.63. The molecular weight excluding hydrogens is 294 g/mol. The lowest BCUT2D eigenvalue weighted by Crippen LogP contribution is -2.51. The summed E-state index contributed by atoms with van der Waals surface area (Å²) in [5, 5.41) is 6.26. The van der Waals surface area contributed by atoms with Crippen LogP contribution in [0.2, 0.25) is 0 Å². The summed E-state index contributed by atoms with van der Waals surface area (Å²) in [7, 11) is 5.16. The van der Waals surface area contributed by atoms with Crippen molar-refractivity contribution in [2.24, 2.45) is 0 Å². The average molecular weight is 321 g/mol. The fourth-order valence-corrected chi connectivity index (χ4v) is 2.91. The standard InChI is InChI=1S/C17H27N3O3/c1-12(20-9-5-6-13(11-20)18-2)17(21)19-15-10-14(22-3)7-8-16(15)23-4/h7-8,10,12-13,18H,5-6,9,11H2,1-4H3,(H,19,21). The van der Waals surface area contributed by atoms with Crippen molar-refractivity contribution in [2.45, 2.75) is 31.8 Å². The molecule has 1 aliphatic rings. The van der Waals surface area contributed by atoms with Gasteiger partial charge in [-0.05, 0) is 45.5 Å². The van der Waals surface area contributed by atoms with Crippen LogP contribution in [-0.4, -0.2) is 57.2 Å². The summed E-state index contributed by atoms with van der Waals surface area (Å²) < 4.78 is 10.5. The van der Waals surface area contributed by atoms with E-state index < -0.39 is 0 Å². The van der Waals surface area contributed by atoms with Crippen LogP contribution in [0.5, 0.6) is 11.5 Å². The number of hydrogen-bond donors (Lipinski definition) is 2. The SMILES string of the molecule is CNC1CCCN(C(C)C(=O)Nc2cc(OC)ccc2OC)C1. The Hall–Kier alpha value is -1.79. The number of likely N-dealkylation sites (tertiary alicyclic amines) is 1. The van der Waals surface area contributed by atoms with Crippen LogP contribution in [0.15, 0.2) is 18.2 Å². The highest BCUT2D eigenvalue weighted by Gasteiger charge is 2.27. The first kappa shape index (κ1) is 17.6. The normalized spacial score (nSPS) is 19.9. The van der Waals surface area contributed by atoms with Crippen LogP contribution in [0.1, 0.15) is 19.8 Å². The van der Waals surface area contributed by atoms with Crippen LogP contribution in [-0.2, 0) is 4.79 Å². The zero-order valence-corrected chi connectivity index (χ0v) is 14.4. The van der Waals surface area contributed by atoms with Crippen LogP contribution >= 0.6 is 0 Å². The lowest BCUT2D eigenvalue weighted by Gasteiger charge is -2.36. The highest BCUT2D eigenvalue weighted by Crippen LogP contribution is 2.29. The number of likely N-dealkylation sites (N-methyl/N-ethyl adjacent to an activating group) is 1. The second-order valence-corrected chi connectivity index (χ2v) is 5.85. The fraction of sp³-hybridized carbons (Fsp3) is 0.588. The molecule has 2 unspecified atom stereocenters. The van der Waals surface area contributed by atoms with Gasteiger partial charge in [0.1, 0.15) is 11.5 Å². The molecule has 0 bridgehead atoms. The first-order chi connectivity index (χ1) is 11.1. The smallest absolute Gasteiger partial charge is 0.241 e. The molecule has 1 amide bonds. The van der Waals surface area contributed by atoms with Gasteiger partial charge >= 0.3 is 0 Å². The molecule has 128 valence electrons. The minimum atomic E-state index is -0.193. The van der Waals surface area contributed by atoms with E-state index in [-0.39, 0.29) is 11.9 Å². The minimum absolute atomic E-state index is 0.0340. The molecule has 6 heteroatoms. The van der Waals surface area contributed by atoms with E-state index in [1.165, 1.54) is 0 Å². The second-order valence-electron chi connectivity index (χ2n) is 5.85. The molecule has 1 fully saturated rings. The fourth-order valence-electron chi connectivity index (χ4n) is 2.91. The molecule has 2 N–H and O–H groups in total. The first-order valence-electron chi connectivity index (χ1n) is 8.03. The van der Waals surface area contributed by atoms with E-state index >= 15 is 0 Å². The molecule has 2 rings (SSSR count). The summed E-state index contributed by atoms with van der Waals surface area (Å²) in [4.78, 5) is 14.8. The van der Waals surface area contributed by atoms with Crippen molar-refractivity contribution in [2.75, 3.05) is 39.7 Å². The lowest BCUT2D eigenvalue weighted by atomic mass is 10.0. The number of rotatable bonds is 6. The number of amides is 1. The maximum Gasteiger partial charge on any atom is 0.241 e. The van der Waals surface area contributed by atoms with Gasteiger partial charge in [0.2, 0.25) is 5.91 Å². The van der Waals surface area contributed by atoms with Gasteiger partial charge in [-0.1, -0.05) is 0 Å². The molecule has 1 aromatic rings. The van der Waals surface area contributed by atoms with Crippen molar-refractivity contribution in [1.82, 2.24) is 10.2 Å². The largest absolute Gasteiger partial charge is 0.497 e. The van der Waals surface area contributed by atoms with Gasteiger partial charge in [-0.25, -0.2) is 0 Å². The van der Waals surface area contributed by atoms with Gasteiger partial charge in [0.15, 0.2) is 0 Å². The Morgan fingerprint density at radius 1 is 1.35 bits per heavy atom. The van der Waals surface area contributed by atoms with Crippen LogP contribution in [0.4, 0.5) is 5.69 Å². The van der Waals surface area contributed by atoms with Crippen molar-refractivity contribution >= 4 is 11.6 Å². The molecule has 0 aromatic heterocycles. The Labute approximate surface area is 138 Å². The molecular formula is C17H27N3O3. The van der Waals surface area contributed by atoms with Crippen LogP contribution < -0.4 is 20.1 Å². The Morgan fingerprint density at radius 3 is 2.78 bits per heavy atom. The summed E-state index contributed by atoms with van der Waals surface area (Å²) in [6.45, 7) is 3.78. The van der Waals surface area contributed by atoms with Gasteiger partial charge in [0, 0.05) is 18.7 Å². The summed E-state index contributed by atoms with van der Waals surface area (Å²) >= 11 is 0. The van der Waals surface area contributed by atoms with E-state index in [0.717, 1.165) is 25.9 Å². The summed E-state index contributed by atoms with van der Waals surface area (Å²) in [5.74, 6) is 1.27. The van der Waals surface area contributed by atoms with Crippen LogP contribution in [0, 0.1) is 0 Å². The average Bonchev–Trinajstić information content (AvgIpc) is 2.60. The number of carbonyl (C=O) groups excluding carboxylic acids is 1. The first-order valence-corrected chi connectivity index (χ1v) is 8.03. The van der Waals surface area contributed by atoms with Crippen molar-refractivity contribution < 1.29 is 14.3 Å². The molecule has 23 heavy (non-hydrogen) atoms. The molecule has 6 nitrogen and oxygen atoms in total. The van der Waals surface area contributed by atoms with Gasteiger partial charge in [0.05, 0.1) is 25.9 Å². The lowest BCUT2D eigenvalue weighted by molar-refractivity contribution is -0.121. The number of carbonyl (C=O) groups is 1. The number of nitrogens with one attached hydrogen (secondary N) is 2. The highest BCUT2D eigenvalue weighted by molar-refractivity contribution is 5.96. The number of ether oxygens (including phenoxy) is 2. The van der Waals surface area contributed by atoms with E-state index in [9.17, 15) is 4.79 Å². The van der Waals surface area contributed by atoms with Crippen LogP contribution in [0.25, 0.3) is 0 Å². The van der Waals surface area contributed by atoms with Gasteiger partial charge in [-0.3, -0.25) is 9.69 Å². The quantitative estimate of drug-likeness (QED) is 0.835. The number of nitrogens with zero attached hydrogens (tertiary/aromatic N) is 1. The maximum absolute atomic E-state index is 12.6. The van der Waals surface area contributed by atoms with E-state index in [1.807, 2.05) is 14.0 Å². The maximum atomic E-state index is 12.6. The van der Waals surface area contributed by atoms with E-state index in [4.69, 9.17) is 9.47 Å². The molecule has 1 aromatic carbocycles. The van der Waals surface area contributed by atoms with Crippen molar-refractivity contribution in [3.05, 3.63) is 18.2 Å². The summed E-state index contributed by atoms with van der Waals surface area (Å²) in [6.07, 6.45) is 2.26. The molecule has 0 aliphatic carbocycles. The highest BCUT2D eigenvalue weighted by atomic mass is 16.5. The van der Waals surface area contributed by atoms with Gasteiger partial charge in [-0.2, -0.15) is 0 Å². The predicted octanol–water partition coefficient (Wildman–Crippen LogP) is 1.71. The van der Waals surface area contributed by atoms with E-state index in [2.05, 4.69) is 15.5 Å². The van der Waals surface area contributed by atoms with E-state index in [0.29, 0.717) is 23.2 Å². The molecule has 1 saturated heterocycles. The van der Waals surface area contributed by atoms with Gasteiger partial charge in [0.25, 0.3) is 0 Å². The number of benzene rings is 1. The molecule has 0 radical (unpaired) electrons. The number of hydrogen-bond acceptors (Lipinski definition) is 5. The number of anilines is 1. The molecule has 1 heterocycles. The molecule has 1 aliphatic heterocycles. The third-order valence-electron chi connectivity index (χ3n) is 4.45. The molecule has 2 atom stereocenters. The third-order valence-corrected chi connectivity index (χ3v) is 4.45. The van der Waals surface area contributed by atoms with Gasteiger partial charge < -0.3 is 20.1 Å². The Morgan fingerprint density at radius 2 is 2.13 bits per heavy atom. The van der Waals surface area contributed by atoms with E-state index in [1.54, 1.807) is 32.4 Å². The second kappa shape index (κ2) is 8.17. The Kier molecular flexibility index (Phi) is 6.24. The number of methoxy groups -OCH3 is 2. The zero-order valence-electron chi connectivity index (χ0n) is 14.4. The van der Waals surface area contributed by atoms with Gasteiger partial charge in [-0.15, -0.1) is 0 Å². The predicted molar refractivity (Wildman–Crippen MR) is 91.3 cm³/mol. The van der Waals surface area contributed by atoms with Crippen molar-refractivity contribution in [1.29, 1.82) is 0 Å². The van der Waals surface area contributed by atoms with Crippen molar-refractivity contribution in [3.63, 3.8) is 0 Å². The third kappa shape index (κ3) is 4.36. The monoisotopic (exact) mass is 321 g/mol. The molecule has 0 saturated carbocycles. The zero-order chi connectivity index (χ0) is 16.8. The Balaban J connectivity index is 2.06. The number of piperidine rings is 1.